The third-order valence-corrected chi connectivity index (χ3v) is 0.648. The van der Waals surface area contributed by atoms with Crippen molar-refractivity contribution in [2.24, 2.45) is 0 Å². The maximum absolute atomic E-state index is 10.8. The first-order chi connectivity index (χ1) is 7.31. The SMILES string of the molecule is [2H]C(=C\C([2H])C(=O)OC)/C([2H])=C(\[2H])C([2H])[2H]. The van der Waals surface area contributed by atoms with Gasteiger partial charge in [0.05, 0.1) is 17.6 Å². The highest BCUT2D eigenvalue weighted by molar-refractivity contribution is 5.70. The van der Waals surface area contributed by atoms with Crippen molar-refractivity contribution in [2.45, 2.75) is 13.3 Å². The molecule has 0 aliphatic heterocycles. The van der Waals surface area contributed by atoms with E-state index >= 15 is 0 Å². The summed E-state index contributed by atoms with van der Waals surface area (Å²) in [6, 6.07) is -1.84. The normalized spacial score (nSPS) is 26.0. The van der Waals surface area contributed by atoms with Crippen LogP contribution in [0.5, 0.6) is 0 Å². The van der Waals surface area contributed by atoms with Crippen LogP contribution in [-0.4, -0.2) is 13.1 Å². The van der Waals surface area contributed by atoms with Gasteiger partial charge in [-0.2, -0.15) is 0 Å². The number of hydrogen-bond donors (Lipinski definition) is 0. The molecule has 1 atom stereocenters. The Morgan fingerprint density at radius 3 is 3.30 bits per heavy atom. The van der Waals surface area contributed by atoms with Gasteiger partial charge in [0, 0.05) is 4.11 Å². The lowest BCUT2D eigenvalue weighted by Gasteiger charge is -1.89. The van der Waals surface area contributed by atoms with Crippen LogP contribution < -0.4 is 0 Å². The Balaban J connectivity index is 4.93. The smallest absolute Gasteiger partial charge is 0.309 e. The molecule has 0 aliphatic carbocycles. The van der Waals surface area contributed by atoms with E-state index in [2.05, 4.69) is 4.74 Å². The quantitative estimate of drug-likeness (QED) is 0.447. The van der Waals surface area contributed by atoms with Gasteiger partial charge in [0.15, 0.2) is 0 Å². The molecule has 2 nitrogen and oxygen atoms in total. The second kappa shape index (κ2) is 6.08. The van der Waals surface area contributed by atoms with Gasteiger partial charge in [-0.05, 0) is 6.88 Å². The number of hydrogen-bond acceptors (Lipinski definition) is 2. The van der Waals surface area contributed by atoms with Gasteiger partial charge >= 0.3 is 5.97 Å². The second-order valence-corrected chi connectivity index (χ2v) is 1.27. The molecule has 10 heavy (non-hydrogen) atoms. The van der Waals surface area contributed by atoms with E-state index < -0.39 is 37.4 Å². The first-order valence-corrected chi connectivity index (χ1v) is 2.52. The van der Waals surface area contributed by atoms with Crippen LogP contribution in [0.3, 0.4) is 0 Å². The van der Waals surface area contributed by atoms with Gasteiger partial charge in [0.25, 0.3) is 0 Å². The number of esters is 1. The molecule has 0 aromatic rings. The highest BCUT2D eigenvalue weighted by atomic mass is 16.5. The fourth-order valence-electron chi connectivity index (χ4n) is 0.261. The Hall–Kier alpha value is -1.05. The first kappa shape index (κ1) is 2.91. The van der Waals surface area contributed by atoms with Crippen LogP contribution in [0.25, 0.3) is 0 Å². The summed E-state index contributed by atoms with van der Waals surface area (Å²) >= 11 is 0. The van der Waals surface area contributed by atoms with Crippen molar-refractivity contribution >= 4 is 5.97 Å². The summed E-state index contributed by atoms with van der Waals surface area (Å²) in [5, 5.41) is 0. The molecule has 0 saturated carbocycles. The zero-order valence-corrected chi connectivity index (χ0v) is 5.55. The summed E-state index contributed by atoms with van der Waals surface area (Å²) in [5.74, 6) is -0.877. The molecule has 0 N–H and O–H groups in total. The van der Waals surface area contributed by atoms with Crippen molar-refractivity contribution < 1.29 is 17.8 Å². The monoisotopic (exact) mass is 146 g/mol. The molecule has 0 aromatic carbocycles. The molecule has 0 bridgehead atoms. The average Bonchev–Trinajstić information content (AvgIpc) is 2.25. The standard InChI is InChI=1S/C8H12O2/c1-3-4-5-6-7-8(9)10-2/h3-6H,7H2,1-2H3/b4-3+,6-5+/i1D2,3D,4D,5D,7D. The molecule has 0 aliphatic rings. The minimum atomic E-state index is -1.66. The average molecular weight is 146 g/mol. The van der Waals surface area contributed by atoms with E-state index in [-0.39, 0.29) is 0 Å². The number of ether oxygens (including phenoxy) is 1. The highest BCUT2D eigenvalue weighted by Gasteiger charge is 1.91. The van der Waals surface area contributed by atoms with E-state index in [0.29, 0.717) is 0 Å². The van der Waals surface area contributed by atoms with Gasteiger partial charge < -0.3 is 4.74 Å². The zero-order chi connectivity index (χ0) is 12.9. The number of methoxy groups -OCH3 is 1. The van der Waals surface area contributed by atoms with Crippen LogP contribution in [0.1, 0.15) is 21.5 Å². The van der Waals surface area contributed by atoms with Crippen LogP contribution in [0.2, 0.25) is 0 Å². The third kappa shape index (κ3) is 5.09. The lowest BCUT2D eigenvalue weighted by Crippen LogP contribution is -1.96. The van der Waals surface area contributed by atoms with E-state index in [0.717, 1.165) is 13.2 Å². The molecule has 0 spiro atoms. The van der Waals surface area contributed by atoms with Gasteiger partial charge in [0.2, 0.25) is 0 Å². The molecule has 0 aromatic heterocycles. The van der Waals surface area contributed by atoms with Crippen LogP contribution in [-0.2, 0) is 9.53 Å². The molecule has 0 heterocycles. The molecule has 0 amide bonds. The highest BCUT2D eigenvalue weighted by Crippen LogP contribution is 1.86. The lowest BCUT2D eigenvalue weighted by atomic mass is 10.3. The molecule has 2 heteroatoms. The Morgan fingerprint density at radius 1 is 1.90 bits per heavy atom. The van der Waals surface area contributed by atoms with E-state index in [4.69, 9.17) is 8.22 Å². The largest absolute Gasteiger partial charge is 0.469 e. The molecule has 0 fully saturated rings. The topological polar surface area (TPSA) is 26.3 Å². The predicted octanol–water partition coefficient (Wildman–Crippen LogP) is 1.68. The van der Waals surface area contributed by atoms with Gasteiger partial charge in [-0.3, -0.25) is 4.79 Å². The van der Waals surface area contributed by atoms with Crippen molar-refractivity contribution in [1.29, 1.82) is 0 Å². The van der Waals surface area contributed by atoms with Gasteiger partial charge in [-0.25, -0.2) is 0 Å². The van der Waals surface area contributed by atoms with Crippen molar-refractivity contribution in [3.63, 3.8) is 0 Å². The maximum Gasteiger partial charge on any atom is 0.309 e. The molecule has 1 unspecified atom stereocenters. The number of rotatable bonds is 3. The van der Waals surface area contributed by atoms with Crippen LogP contribution in [0, 0.1) is 0 Å². The van der Waals surface area contributed by atoms with Crippen molar-refractivity contribution in [3.05, 3.63) is 24.2 Å². The summed E-state index contributed by atoms with van der Waals surface area (Å²) < 4.78 is 46.9. The van der Waals surface area contributed by atoms with Crippen molar-refractivity contribution in [2.75, 3.05) is 7.11 Å². The fourth-order valence-corrected chi connectivity index (χ4v) is 0.261. The lowest BCUT2D eigenvalue weighted by molar-refractivity contribution is -0.139. The van der Waals surface area contributed by atoms with Crippen LogP contribution in [0.15, 0.2) is 24.2 Å². The molecular weight excluding hydrogens is 128 g/mol. The molecular formula is C8H12O2. The summed E-state index contributed by atoms with van der Waals surface area (Å²) in [6.07, 6.45) is -0.619. The Kier molecular flexibility index (Phi) is 1.77. The number of carbonyl (C=O) groups is 1. The van der Waals surface area contributed by atoms with E-state index in [9.17, 15) is 4.79 Å². The minimum Gasteiger partial charge on any atom is -0.469 e. The summed E-state index contributed by atoms with van der Waals surface area (Å²) in [4.78, 5) is 10.8. The Morgan fingerprint density at radius 2 is 2.70 bits per heavy atom. The molecule has 0 rings (SSSR count). The number of carbonyl (C=O) groups excluding carboxylic acids is 1. The van der Waals surface area contributed by atoms with Gasteiger partial charge in [-0.15, -0.1) is 0 Å². The van der Waals surface area contributed by atoms with Crippen LogP contribution >= 0.6 is 0 Å². The summed E-state index contributed by atoms with van der Waals surface area (Å²) in [5.41, 5.74) is 0. The molecule has 0 saturated heterocycles. The molecule has 56 valence electrons. The van der Waals surface area contributed by atoms with E-state index in [1.54, 1.807) is 0 Å². The first-order valence-electron chi connectivity index (χ1n) is 5.75. The van der Waals surface area contributed by atoms with Gasteiger partial charge in [-0.1, -0.05) is 24.2 Å². The minimum absolute atomic E-state index is 0.542. The maximum atomic E-state index is 10.8. The second-order valence-electron chi connectivity index (χ2n) is 1.27. The van der Waals surface area contributed by atoms with E-state index in [1.807, 2.05) is 0 Å². The van der Waals surface area contributed by atoms with Crippen molar-refractivity contribution in [3.8, 4) is 0 Å². The van der Waals surface area contributed by atoms with Gasteiger partial charge in [0.1, 0.15) is 0 Å². The zero-order valence-electron chi connectivity index (χ0n) is 11.5. The summed E-state index contributed by atoms with van der Waals surface area (Å²) in [6.45, 7) is -1.66. The fraction of sp³-hybridized carbons (Fsp3) is 0.375. The number of allylic oxidation sites excluding steroid dienone is 3. The van der Waals surface area contributed by atoms with E-state index in [1.165, 1.54) is 0 Å². The third-order valence-electron chi connectivity index (χ3n) is 0.648. The molecule has 0 radical (unpaired) electrons. The van der Waals surface area contributed by atoms with Crippen LogP contribution in [0.4, 0.5) is 0 Å². The Labute approximate surface area is 69.6 Å². The predicted molar refractivity (Wildman–Crippen MR) is 40.6 cm³/mol. The summed E-state index contributed by atoms with van der Waals surface area (Å²) in [7, 11) is 1.10. The Bertz CT molecular complexity index is 322. The van der Waals surface area contributed by atoms with Crippen molar-refractivity contribution in [1.82, 2.24) is 0 Å².